The molecule has 1 amide bonds. The van der Waals surface area contributed by atoms with Crippen molar-refractivity contribution in [2.24, 2.45) is 0 Å². The van der Waals surface area contributed by atoms with E-state index in [-0.39, 0.29) is 5.91 Å². The molecule has 98 valence electrons. The van der Waals surface area contributed by atoms with E-state index >= 15 is 0 Å². The molecule has 20 heavy (non-hydrogen) atoms. The molecule has 0 atom stereocenters. The molecule has 4 nitrogen and oxygen atoms in total. The van der Waals surface area contributed by atoms with Crippen molar-refractivity contribution in [1.82, 2.24) is 4.98 Å². The Morgan fingerprint density at radius 3 is 2.50 bits per heavy atom. The maximum absolute atomic E-state index is 11.8. The molecular formula is C16H12N2O2. The second-order valence-corrected chi connectivity index (χ2v) is 4.22. The van der Waals surface area contributed by atoms with E-state index in [1.807, 2.05) is 42.5 Å². The van der Waals surface area contributed by atoms with Crippen LogP contribution in [0.3, 0.4) is 0 Å². The van der Waals surface area contributed by atoms with Crippen molar-refractivity contribution in [3.05, 3.63) is 72.8 Å². The Morgan fingerprint density at radius 1 is 1.00 bits per heavy atom. The summed E-state index contributed by atoms with van der Waals surface area (Å²) < 4.78 is 5.04. The normalized spacial score (nSPS) is 10.2. The lowest BCUT2D eigenvalue weighted by atomic mass is 10.1. The maximum atomic E-state index is 11.8. The van der Waals surface area contributed by atoms with Crippen LogP contribution in [-0.4, -0.2) is 10.9 Å². The van der Waals surface area contributed by atoms with Crippen molar-refractivity contribution in [1.29, 1.82) is 0 Å². The van der Waals surface area contributed by atoms with Crippen molar-refractivity contribution >= 4 is 11.6 Å². The molecule has 1 aromatic carbocycles. The molecule has 3 rings (SSSR count). The van der Waals surface area contributed by atoms with Crippen LogP contribution in [0.4, 0.5) is 5.69 Å². The third-order valence-corrected chi connectivity index (χ3v) is 2.85. The highest BCUT2D eigenvalue weighted by Crippen LogP contribution is 2.19. The number of nitrogens with zero attached hydrogens (tertiary/aromatic N) is 1. The van der Waals surface area contributed by atoms with Gasteiger partial charge in [0.2, 0.25) is 0 Å². The summed E-state index contributed by atoms with van der Waals surface area (Å²) >= 11 is 0. The number of benzene rings is 1. The second-order valence-electron chi connectivity index (χ2n) is 4.22. The molecular weight excluding hydrogens is 252 g/mol. The molecule has 0 saturated carbocycles. The highest BCUT2D eigenvalue weighted by molar-refractivity contribution is 6.02. The first-order valence-corrected chi connectivity index (χ1v) is 6.19. The Kier molecular flexibility index (Phi) is 3.29. The van der Waals surface area contributed by atoms with Gasteiger partial charge in [0.05, 0.1) is 12.0 Å². The van der Waals surface area contributed by atoms with E-state index in [4.69, 9.17) is 4.42 Å². The molecule has 0 spiro atoms. The SMILES string of the molecule is O=C(Nc1ccc(-c2ccccn2)cc1)c1ccco1. The highest BCUT2D eigenvalue weighted by Gasteiger charge is 2.08. The van der Waals surface area contributed by atoms with Crippen LogP contribution in [0.1, 0.15) is 10.6 Å². The van der Waals surface area contributed by atoms with Gasteiger partial charge in [-0.25, -0.2) is 0 Å². The lowest BCUT2D eigenvalue weighted by Gasteiger charge is -2.05. The largest absolute Gasteiger partial charge is 0.459 e. The molecule has 0 aliphatic carbocycles. The number of hydrogen-bond acceptors (Lipinski definition) is 3. The van der Waals surface area contributed by atoms with Crippen LogP contribution >= 0.6 is 0 Å². The molecule has 3 aromatic rings. The second kappa shape index (κ2) is 5.40. The van der Waals surface area contributed by atoms with Crippen LogP contribution in [-0.2, 0) is 0 Å². The molecule has 2 aromatic heterocycles. The summed E-state index contributed by atoms with van der Waals surface area (Å²) in [7, 11) is 0. The van der Waals surface area contributed by atoms with Crippen LogP contribution in [0, 0.1) is 0 Å². The van der Waals surface area contributed by atoms with Crippen molar-refractivity contribution in [2.75, 3.05) is 5.32 Å². The van der Waals surface area contributed by atoms with E-state index in [2.05, 4.69) is 10.3 Å². The summed E-state index contributed by atoms with van der Waals surface area (Å²) in [6, 6.07) is 16.6. The number of nitrogens with one attached hydrogen (secondary N) is 1. The number of rotatable bonds is 3. The highest BCUT2D eigenvalue weighted by atomic mass is 16.3. The van der Waals surface area contributed by atoms with Gasteiger partial charge in [0.15, 0.2) is 5.76 Å². The topological polar surface area (TPSA) is 55.1 Å². The molecule has 0 aliphatic rings. The summed E-state index contributed by atoms with van der Waals surface area (Å²) in [5.74, 6) is 0.0272. The van der Waals surface area contributed by atoms with Gasteiger partial charge >= 0.3 is 0 Å². The fourth-order valence-corrected chi connectivity index (χ4v) is 1.86. The first kappa shape index (κ1) is 12.2. The lowest BCUT2D eigenvalue weighted by molar-refractivity contribution is 0.0996. The Balaban J connectivity index is 1.75. The van der Waals surface area contributed by atoms with Crippen LogP contribution in [0.2, 0.25) is 0 Å². The molecule has 1 N–H and O–H groups in total. The van der Waals surface area contributed by atoms with Crippen LogP contribution in [0.15, 0.2) is 71.5 Å². The molecule has 0 saturated heterocycles. The van der Waals surface area contributed by atoms with Crippen molar-refractivity contribution in [3.63, 3.8) is 0 Å². The van der Waals surface area contributed by atoms with Gasteiger partial charge in [0.25, 0.3) is 5.91 Å². The minimum absolute atomic E-state index is 0.263. The monoisotopic (exact) mass is 264 g/mol. The molecule has 4 heteroatoms. The number of carbonyl (C=O) groups is 1. The molecule has 0 aliphatic heterocycles. The smallest absolute Gasteiger partial charge is 0.291 e. The van der Waals surface area contributed by atoms with Gasteiger partial charge in [-0.3, -0.25) is 9.78 Å². The van der Waals surface area contributed by atoms with Crippen molar-refractivity contribution < 1.29 is 9.21 Å². The predicted octanol–water partition coefficient (Wildman–Crippen LogP) is 3.59. The number of pyridine rings is 1. The molecule has 0 unspecified atom stereocenters. The van der Waals surface area contributed by atoms with Gasteiger partial charge in [-0.15, -0.1) is 0 Å². The number of furan rings is 1. The van der Waals surface area contributed by atoms with Crippen LogP contribution < -0.4 is 5.32 Å². The third-order valence-electron chi connectivity index (χ3n) is 2.85. The summed E-state index contributed by atoms with van der Waals surface area (Å²) in [6.45, 7) is 0. The maximum Gasteiger partial charge on any atom is 0.291 e. The fraction of sp³-hybridized carbons (Fsp3) is 0. The molecule has 0 radical (unpaired) electrons. The lowest BCUT2D eigenvalue weighted by Crippen LogP contribution is -2.10. The first-order valence-electron chi connectivity index (χ1n) is 6.19. The zero-order valence-electron chi connectivity index (χ0n) is 10.6. The average Bonchev–Trinajstić information content (AvgIpc) is 3.03. The van der Waals surface area contributed by atoms with Crippen LogP contribution in [0.25, 0.3) is 11.3 Å². The number of aromatic nitrogens is 1. The quantitative estimate of drug-likeness (QED) is 0.786. The van der Waals surface area contributed by atoms with Gasteiger partial charge in [0, 0.05) is 17.4 Å². The first-order chi connectivity index (χ1) is 9.83. The van der Waals surface area contributed by atoms with Crippen molar-refractivity contribution in [2.45, 2.75) is 0 Å². The van der Waals surface area contributed by atoms with E-state index in [1.165, 1.54) is 6.26 Å². The number of amides is 1. The third kappa shape index (κ3) is 2.59. The Labute approximate surface area is 116 Å². The van der Waals surface area contributed by atoms with E-state index in [0.717, 1.165) is 11.3 Å². The van der Waals surface area contributed by atoms with Gasteiger partial charge < -0.3 is 9.73 Å². The van der Waals surface area contributed by atoms with E-state index in [1.54, 1.807) is 18.3 Å². The molecule has 0 bridgehead atoms. The Bertz CT molecular complexity index is 689. The molecule has 2 heterocycles. The van der Waals surface area contributed by atoms with Crippen LogP contribution in [0.5, 0.6) is 0 Å². The number of hydrogen-bond donors (Lipinski definition) is 1. The number of anilines is 1. The molecule has 0 fully saturated rings. The predicted molar refractivity (Wildman–Crippen MR) is 76.3 cm³/mol. The standard InChI is InChI=1S/C16H12N2O2/c19-16(15-5-3-11-20-15)18-13-8-6-12(7-9-13)14-4-1-2-10-17-14/h1-11H,(H,18,19). The Hall–Kier alpha value is -2.88. The van der Waals surface area contributed by atoms with Gasteiger partial charge in [-0.1, -0.05) is 18.2 Å². The van der Waals surface area contributed by atoms with E-state index in [0.29, 0.717) is 11.4 Å². The van der Waals surface area contributed by atoms with Gasteiger partial charge in [0.1, 0.15) is 0 Å². The number of carbonyl (C=O) groups excluding carboxylic acids is 1. The minimum Gasteiger partial charge on any atom is -0.459 e. The van der Waals surface area contributed by atoms with E-state index < -0.39 is 0 Å². The zero-order chi connectivity index (χ0) is 13.8. The fourth-order valence-electron chi connectivity index (χ4n) is 1.86. The minimum atomic E-state index is -0.263. The van der Waals surface area contributed by atoms with Gasteiger partial charge in [-0.2, -0.15) is 0 Å². The summed E-state index contributed by atoms with van der Waals surface area (Å²) in [5.41, 5.74) is 2.61. The van der Waals surface area contributed by atoms with Crippen molar-refractivity contribution in [3.8, 4) is 11.3 Å². The Morgan fingerprint density at radius 2 is 1.85 bits per heavy atom. The van der Waals surface area contributed by atoms with E-state index in [9.17, 15) is 4.79 Å². The van der Waals surface area contributed by atoms with Gasteiger partial charge in [-0.05, 0) is 36.4 Å². The average molecular weight is 264 g/mol. The summed E-state index contributed by atoms with van der Waals surface area (Å²) in [6.07, 6.45) is 3.22. The zero-order valence-corrected chi connectivity index (χ0v) is 10.6. The summed E-state index contributed by atoms with van der Waals surface area (Å²) in [5, 5.41) is 2.77. The summed E-state index contributed by atoms with van der Waals surface area (Å²) in [4.78, 5) is 16.1.